The van der Waals surface area contributed by atoms with Gasteiger partial charge in [-0.2, -0.15) is 5.10 Å². The lowest BCUT2D eigenvalue weighted by atomic mass is 10.1. The monoisotopic (exact) mass is 453 g/mol. The number of hydrogen-bond acceptors (Lipinski definition) is 10. The maximum atomic E-state index is 10.4. The molecule has 1 fully saturated rings. The number of aliphatic hydroxyl groups excluding tert-OH is 3. The van der Waals surface area contributed by atoms with Gasteiger partial charge >= 0.3 is 0 Å². The van der Waals surface area contributed by atoms with Gasteiger partial charge in [0.25, 0.3) is 0 Å². The van der Waals surface area contributed by atoms with Crippen LogP contribution in [0.5, 0.6) is 0 Å². The zero-order valence-corrected chi connectivity index (χ0v) is 16.7. The van der Waals surface area contributed by atoms with Crippen LogP contribution in [0.25, 0.3) is 11.2 Å². The molecule has 2 aromatic heterocycles. The lowest BCUT2D eigenvalue weighted by Gasteiger charge is -2.18. The van der Waals surface area contributed by atoms with Crippen LogP contribution in [0.15, 0.2) is 29.6 Å². The summed E-state index contributed by atoms with van der Waals surface area (Å²) in [6.07, 6.45) is -2.14. The van der Waals surface area contributed by atoms with Gasteiger partial charge in [-0.1, -0.05) is 29.3 Å². The van der Waals surface area contributed by atoms with Gasteiger partial charge < -0.3 is 25.8 Å². The summed E-state index contributed by atoms with van der Waals surface area (Å²) in [7, 11) is 0. The minimum absolute atomic E-state index is 0.103. The van der Waals surface area contributed by atoms with Crippen LogP contribution in [0.4, 0.5) is 11.8 Å². The summed E-state index contributed by atoms with van der Waals surface area (Å²) in [4.78, 5) is 12.4. The highest BCUT2D eigenvalue weighted by molar-refractivity contribution is 6.38. The second-order valence-electron chi connectivity index (χ2n) is 6.47. The first-order valence-corrected chi connectivity index (χ1v) is 9.52. The van der Waals surface area contributed by atoms with Crippen molar-refractivity contribution in [2.24, 2.45) is 5.10 Å². The lowest BCUT2D eigenvalue weighted by Crippen LogP contribution is -2.33. The fourth-order valence-corrected chi connectivity index (χ4v) is 3.62. The number of imidazole rings is 1. The number of ether oxygens (including phenoxy) is 1. The average molecular weight is 454 g/mol. The molecule has 0 radical (unpaired) electrons. The summed E-state index contributed by atoms with van der Waals surface area (Å²) >= 11 is 12.3. The Morgan fingerprint density at radius 3 is 2.63 bits per heavy atom. The Labute approximate surface area is 179 Å². The van der Waals surface area contributed by atoms with E-state index in [0.717, 1.165) is 0 Å². The Hall–Kier alpha value is -2.54. The Kier molecular flexibility index (Phi) is 5.73. The van der Waals surface area contributed by atoms with Gasteiger partial charge in [0, 0.05) is 5.56 Å². The average Bonchev–Trinajstić information content (AvgIpc) is 3.22. The van der Waals surface area contributed by atoms with Gasteiger partial charge in [-0.05, 0) is 12.1 Å². The molecule has 4 rings (SSSR count). The van der Waals surface area contributed by atoms with E-state index < -0.39 is 31.1 Å². The number of benzene rings is 1. The molecule has 6 N–H and O–H groups in total. The number of anilines is 2. The van der Waals surface area contributed by atoms with Crippen LogP contribution in [0.2, 0.25) is 10.0 Å². The molecule has 3 heterocycles. The second kappa shape index (κ2) is 8.30. The van der Waals surface area contributed by atoms with Gasteiger partial charge in [0.15, 0.2) is 23.2 Å². The predicted octanol–water partition coefficient (Wildman–Crippen LogP) is 0.773. The summed E-state index contributed by atoms with van der Waals surface area (Å²) < 4.78 is 6.99. The van der Waals surface area contributed by atoms with Crippen molar-refractivity contribution in [1.29, 1.82) is 0 Å². The van der Waals surface area contributed by atoms with Gasteiger partial charge in [-0.3, -0.25) is 4.57 Å². The summed E-state index contributed by atoms with van der Waals surface area (Å²) in [5.41, 5.74) is 9.58. The molecule has 1 aromatic carbocycles. The zero-order chi connectivity index (χ0) is 21.4. The highest BCUT2D eigenvalue weighted by Crippen LogP contribution is 2.35. The second-order valence-corrected chi connectivity index (χ2v) is 7.29. The van der Waals surface area contributed by atoms with E-state index in [1.165, 1.54) is 17.1 Å². The first-order chi connectivity index (χ1) is 14.4. The number of rotatable bonds is 5. The zero-order valence-electron chi connectivity index (χ0n) is 15.2. The minimum atomic E-state index is -1.36. The first-order valence-electron chi connectivity index (χ1n) is 8.76. The van der Waals surface area contributed by atoms with E-state index in [0.29, 0.717) is 15.6 Å². The lowest BCUT2D eigenvalue weighted by molar-refractivity contribution is -0.0501. The van der Waals surface area contributed by atoms with Crippen molar-refractivity contribution in [3.05, 3.63) is 40.1 Å². The highest BCUT2D eigenvalue weighted by Gasteiger charge is 2.45. The number of aromatic nitrogens is 4. The first kappa shape index (κ1) is 20.7. The fourth-order valence-electron chi connectivity index (χ4n) is 3.13. The van der Waals surface area contributed by atoms with Crippen molar-refractivity contribution >= 4 is 52.3 Å². The number of fused-ring (bicyclic) bond motifs is 1. The maximum absolute atomic E-state index is 10.4. The molecule has 4 atom stereocenters. The van der Waals surface area contributed by atoms with Crippen LogP contribution in [0.3, 0.4) is 0 Å². The van der Waals surface area contributed by atoms with E-state index >= 15 is 0 Å². The van der Waals surface area contributed by atoms with Gasteiger partial charge in [-0.25, -0.2) is 20.4 Å². The van der Waals surface area contributed by atoms with Crippen LogP contribution < -0.4 is 11.2 Å². The number of nitrogens with two attached hydrogens (primary N) is 1. The normalized spacial score (nSPS) is 24.2. The molecular weight excluding hydrogens is 437 g/mol. The molecule has 1 aliphatic rings. The molecule has 0 saturated carbocycles. The molecule has 11 nitrogen and oxygen atoms in total. The molecule has 4 unspecified atom stereocenters. The van der Waals surface area contributed by atoms with Crippen molar-refractivity contribution in [3.8, 4) is 0 Å². The third-order valence-electron chi connectivity index (χ3n) is 4.63. The largest absolute Gasteiger partial charge is 0.394 e. The SMILES string of the molecule is Nc1ncnc2c1nc(N/N=C/c1c(Cl)cccc1Cl)n2C1OC(CO)C(O)C1O. The van der Waals surface area contributed by atoms with Gasteiger partial charge in [0.05, 0.1) is 22.9 Å². The van der Waals surface area contributed by atoms with Crippen molar-refractivity contribution in [2.75, 3.05) is 17.8 Å². The summed E-state index contributed by atoms with van der Waals surface area (Å²) in [5.74, 6) is 0.207. The van der Waals surface area contributed by atoms with E-state index in [1.54, 1.807) is 18.2 Å². The van der Waals surface area contributed by atoms with Crippen LogP contribution >= 0.6 is 23.2 Å². The summed E-state index contributed by atoms with van der Waals surface area (Å²) in [6.45, 7) is -0.482. The van der Waals surface area contributed by atoms with Gasteiger partial charge in [0.1, 0.15) is 24.6 Å². The van der Waals surface area contributed by atoms with E-state index in [4.69, 9.17) is 33.7 Å². The Bertz CT molecular complexity index is 1090. The van der Waals surface area contributed by atoms with Crippen LogP contribution in [0, 0.1) is 0 Å². The minimum Gasteiger partial charge on any atom is -0.394 e. The van der Waals surface area contributed by atoms with Crippen LogP contribution in [-0.4, -0.2) is 66.0 Å². The van der Waals surface area contributed by atoms with E-state index in [2.05, 4.69) is 25.5 Å². The number of hydrazone groups is 1. The number of nitrogen functional groups attached to an aromatic ring is 1. The molecule has 1 aliphatic heterocycles. The van der Waals surface area contributed by atoms with Crippen LogP contribution in [0.1, 0.15) is 11.8 Å². The van der Waals surface area contributed by atoms with Gasteiger partial charge in [-0.15, -0.1) is 0 Å². The summed E-state index contributed by atoms with van der Waals surface area (Å²) in [5, 5.41) is 34.9. The third kappa shape index (κ3) is 3.55. The molecule has 0 amide bonds. The van der Waals surface area contributed by atoms with Crippen molar-refractivity contribution in [2.45, 2.75) is 24.5 Å². The number of halogens is 2. The molecule has 3 aromatic rings. The summed E-state index contributed by atoms with van der Waals surface area (Å²) in [6, 6.07) is 5.04. The molecule has 0 spiro atoms. The van der Waals surface area contributed by atoms with E-state index in [9.17, 15) is 15.3 Å². The molecule has 13 heteroatoms. The Morgan fingerprint density at radius 1 is 1.23 bits per heavy atom. The number of aliphatic hydroxyl groups is 3. The number of nitrogens with one attached hydrogen (secondary N) is 1. The van der Waals surface area contributed by atoms with Crippen LogP contribution in [-0.2, 0) is 4.74 Å². The molecular formula is C17H17Cl2N7O4. The fraction of sp³-hybridized carbons (Fsp3) is 0.294. The maximum Gasteiger partial charge on any atom is 0.228 e. The topological polar surface area (TPSA) is 164 Å². The Morgan fingerprint density at radius 2 is 1.97 bits per heavy atom. The van der Waals surface area contributed by atoms with Crippen molar-refractivity contribution < 1.29 is 20.1 Å². The van der Waals surface area contributed by atoms with Crippen molar-refractivity contribution in [1.82, 2.24) is 19.5 Å². The number of hydrogen-bond donors (Lipinski definition) is 5. The molecule has 0 bridgehead atoms. The highest BCUT2D eigenvalue weighted by atomic mass is 35.5. The standard InChI is InChI=1S/C17H17Cl2N7O4/c18-8-2-1-3-9(19)7(8)4-23-25-17-24-11-14(20)21-6-22-15(11)26(17)16-13(29)12(28)10(5-27)30-16/h1-4,6,10,12-13,16,27-29H,5H2,(H,24,25)(H2,20,21,22)/b23-4+. The quantitative estimate of drug-likeness (QED) is 0.277. The Balaban J connectivity index is 1.74. The molecule has 158 valence electrons. The van der Waals surface area contributed by atoms with E-state index in [-0.39, 0.29) is 22.9 Å². The molecule has 0 aliphatic carbocycles. The molecule has 30 heavy (non-hydrogen) atoms. The van der Waals surface area contributed by atoms with Gasteiger partial charge in [0.2, 0.25) is 5.95 Å². The number of nitrogens with zero attached hydrogens (tertiary/aromatic N) is 5. The smallest absolute Gasteiger partial charge is 0.228 e. The van der Waals surface area contributed by atoms with E-state index in [1.807, 2.05) is 0 Å². The predicted molar refractivity (Wildman–Crippen MR) is 110 cm³/mol. The molecule has 1 saturated heterocycles. The third-order valence-corrected chi connectivity index (χ3v) is 5.29. The van der Waals surface area contributed by atoms with Crippen molar-refractivity contribution in [3.63, 3.8) is 0 Å².